The molecule has 8 nitrogen and oxygen atoms in total. The van der Waals surface area contributed by atoms with E-state index < -0.39 is 16.0 Å². The number of ether oxygens (including phenoxy) is 3. The van der Waals surface area contributed by atoms with Crippen molar-refractivity contribution in [3.8, 4) is 11.5 Å². The van der Waals surface area contributed by atoms with Gasteiger partial charge in [0.1, 0.15) is 27.6 Å². The van der Waals surface area contributed by atoms with Gasteiger partial charge in [0.15, 0.2) is 0 Å². The average molecular weight is 494 g/mol. The summed E-state index contributed by atoms with van der Waals surface area (Å²) in [6.07, 6.45) is 2.76. The molecule has 0 N–H and O–H groups in total. The average Bonchev–Trinajstić information content (AvgIpc) is 3.26. The third-order valence-electron chi connectivity index (χ3n) is 5.75. The molecule has 1 saturated heterocycles. The fourth-order valence-electron chi connectivity index (χ4n) is 4.01. The number of esters is 1. The van der Waals surface area contributed by atoms with Crippen molar-refractivity contribution < 1.29 is 31.8 Å². The molecule has 0 bridgehead atoms. The van der Waals surface area contributed by atoms with E-state index in [1.807, 2.05) is 24.3 Å². The number of carbonyl (C=O) groups is 1. The Kier molecular flexibility index (Phi) is 6.29. The van der Waals surface area contributed by atoms with E-state index >= 15 is 0 Å². The second-order valence-electron chi connectivity index (χ2n) is 7.94. The van der Waals surface area contributed by atoms with Crippen molar-refractivity contribution in [3.63, 3.8) is 0 Å². The van der Waals surface area contributed by atoms with Gasteiger partial charge >= 0.3 is 5.97 Å². The molecule has 1 aliphatic rings. The highest BCUT2D eigenvalue weighted by Crippen LogP contribution is 2.32. The van der Waals surface area contributed by atoms with E-state index in [2.05, 4.69) is 0 Å². The fraction of sp³-hybridized carbons (Fsp3) is 0.192. The molecule has 9 heteroatoms. The maximum atomic E-state index is 13.1. The number of methoxy groups -OCH3 is 1. The largest absolute Gasteiger partial charge is 0.495 e. The smallest absolute Gasteiger partial charge is 0.336 e. The molecule has 0 atom stereocenters. The first-order valence-electron chi connectivity index (χ1n) is 11.0. The van der Waals surface area contributed by atoms with E-state index in [9.17, 15) is 13.2 Å². The Morgan fingerprint density at radius 3 is 2.54 bits per heavy atom. The number of nitrogens with zero attached hydrogens (tertiary/aromatic N) is 1. The Balaban J connectivity index is 1.36. The Bertz CT molecular complexity index is 1530. The first-order valence-corrected chi connectivity index (χ1v) is 12.5. The number of furan rings is 1. The van der Waals surface area contributed by atoms with E-state index in [0.717, 1.165) is 16.4 Å². The number of morpholine rings is 1. The number of hydrogen-bond acceptors (Lipinski definition) is 7. The molecule has 5 rings (SSSR count). The van der Waals surface area contributed by atoms with Gasteiger partial charge in [0, 0.05) is 29.9 Å². The van der Waals surface area contributed by atoms with E-state index in [0.29, 0.717) is 30.1 Å². The van der Waals surface area contributed by atoms with Crippen molar-refractivity contribution in [2.45, 2.75) is 4.90 Å². The predicted octanol–water partition coefficient (Wildman–Crippen LogP) is 4.23. The predicted molar refractivity (Wildman–Crippen MR) is 131 cm³/mol. The highest BCUT2D eigenvalue weighted by atomic mass is 32.2. The molecule has 1 aromatic heterocycles. The summed E-state index contributed by atoms with van der Waals surface area (Å²) in [5.74, 6) is 0.0198. The Hall–Kier alpha value is -3.66. The number of carbonyl (C=O) groups excluding carboxylic acids is 1. The van der Waals surface area contributed by atoms with Crippen LogP contribution in [0.4, 0.5) is 0 Å². The molecule has 0 aliphatic carbocycles. The van der Waals surface area contributed by atoms with Gasteiger partial charge in [0.25, 0.3) is 0 Å². The molecule has 0 spiro atoms. The summed E-state index contributed by atoms with van der Waals surface area (Å²) in [5.41, 5.74) is 1.98. The van der Waals surface area contributed by atoms with Crippen molar-refractivity contribution in [2.75, 3.05) is 33.4 Å². The maximum Gasteiger partial charge on any atom is 0.336 e. The normalized spacial score (nSPS) is 15.1. The summed E-state index contributed by atoms with van der Waals surface area (Å²) < 4.78 is 49.5. The van der Waals surface area contributed by atoms with Crippen molar-refractivity contribution in [2.24, 2.45) is 0 Å². The first-order chi connectivity index (χ1) is 17.0. The van der Waals surface area contributed by atoms with E-state index in [1.165, 1.54) is 29.6 Å². The standard InChI is InChI=1S/C26H23NO7S/c1-31-24-9-6-18(16-25(24)35(29,30)27-12-14-32-15-13-27)7-11-26(28)33-19-8-10-23-21(17-19)20-4-2-3-5-22(20)34-23/h2-11,16-17H,12-15H2,1H3. The summed E-state index contributed by atoms with van der Waals surface area (Å²) in [4.78, 5) is 12.5. The number of hydrogen-bond donors (Lipinski definition) is 0. The molecule has 2 heterocycles. The molecule has 3 aromatic carbocycles. The van der Waals surface area contributed by atoms with Crippen molar-refractivity contribution in [1.29, 1.82) is 0 Å². The summed E-state index contributed by atoms with van der Waals surface area (Å²) in [7, 11) is -2.36. The van der Waals surface area contributed by atoms with Crippen LogP contribution in [0.5, 0.6) is 11.5 Å². The van der Waals surface area contributed by atoms with Gasteiger partial charge in [0.05, 0.1) is 20.3 Å². The van der Waals surface area contributed by atoms with Crippen LogP contribution in [0.3, 0.4) is 0 Å². The number of benzene rings is 3. The van der Waals surface area contributed by atoms with Crippen molar-refractivity contribution >= 4 is 44.0 Å². The van der Waals surface area contributed by atoms with Gasteiger partial charge < -0.3 is 18.6 Å². The lowest BCUT2D eigenvalue weighted by molar-refractivity contribution is -0.128. The number of sulfonamides is 1. The second-order valence-corrected chi connectivity index (χ2v) is 9.84. The minimum absolute atomic E-state index is 0.0368. The van der Waals surface area contributed by atoms with Gasteiger partial charge in [-0.25, -0.2) is 13.2 Å². The van der Waals surface area contributed by atoms with Crippen molar-refractivity contribution in [3.05, 3.63) is 72.3 Å². The minimum atomic E-state index is -3.78. The van der Waals surface area contributed by atoms with Crippen LogP contribution >= 0.6 is 0 Å². The van der Waals surface area contributed by atoms with Gasteiger partial charge in [-0.15, -0.1) is 0 Å². The van der Waals surface area contributed by atoms with Gasteiger partial charge in [-0.05, 0) is 48.0 Å². The molecule has 1 fully saturated rings. The lowest BCUT2D eigenvalue weighted by Gasteiger charge is -2.26. The zero-order valence-corrected chi connectivity index (χ0v) is 19.8. The number of para-hydroxylation sites is 1. The maximum absolute atomic E-state index is 13.1. The van der Waals surface area contributed by atoms with Crippen LogP contribution in [0.15, 0.2) is 76.1 Å². The molecule has 1 aliphatic heterocycles. The molecular weight excluding hydrogens is 470 g/mol. The van der Waals surface area contributed by atoms with Crippen molar-refractivity contribution in [1.82, 2.24) is 4.31 Å². The van der Waals surface area contributed by atoms with Gasteiger partial charge in [-0.3, -0.25) is 0 Å². The molecule has 4 aromatic rings. The van der Waals surface area contributed by atoms with E-state index in [4.69, 9.17) is 18.6 Å². The highest BCUT2D eigenvalue weighted by molar-refractivity contribution is 7.89. The zero-order chi connectivity index (χ0) is 24.4. The molecular formula is C26H23NO7S. The topological polar surface area (TPSA) is 95.3 Å². The third kappa shape index (κ3) is 4.66. The van der Waals surface area contributed by atoms with Gasteiger partial charge in [0.2, 0.25) is 10.0 Å². The van der Waals surface area contributed by atoms with Crippen LogP contribution in [0.1, 0.15) is 5.56 Å². The molecule has 0 saturated carbocycles. The number of fused-ring (bicyclic) bond motifs is 3. The van der Waals surface area contributed by atoms with E-state index in [-0.39, 0.29) is 23.7 Å². The van der Waals surface area contributed by atoms with Gasteiger partial charge in [-0.1, -0.05) is 24.3 Å². The lowest BCUT2D eigenvalue weighted by atomic mass is 10.1. The summed E-state index contributed by atoms with van der Waals surface area (Å²) in [5, 5.41) is 1.78. The summed E-state index contributed by atoms with van der Waals surface area (Å²) >= 11 is 0. The third-order valence-corrected chi connectivity index (χ3v) is 7.67. The molecule has 35 heavy (non-hydrogen) atoms. The van der Waals surface area contributed by atoms with Crippen LogP contribution < -0.4 is 9.47 Å². The lowest BCUT2D eigenvalue weighted by Crippen LogP contribution is -2.40. The summed E-state index contributed by atoms with van der Waals surface area (Å²) in [6, 6.07) is 17.5. The van der Waals surface area contributed by atoms with Crippen LogP contribution in [0.25, 0.3) is 28.0 Å². The minimum Gasteiger partial charge on any atom is -0.495 e. The molecule has 0 unspecified atom stereocenters. The highest BCUT2D eigenvalue weighted by Gasteiger charge is 2.29. The SMILES string of the molecule is COc1ccc(C=CC(=O)Oc2ccc3oc4ccccc4c3c2)cc1S(=O)(=O)N1CCOCC1. The Morgan fingerprint density at radius 2 is 1.74 bits per heavy atom. The quantitative estimate of drug-likeness (QED) is 0.225. The van der Waals surface area contributed by atoms with Crippen LogP contribution in [0.2, 0.25) is 0 Å². The zero-order valence-electron chi connectivity index (χ0n) is 19.0. The fourth-order valence-corrected chi connectivity index (χ4v) is 5.61. The van der Waals surface area contributed by atoms with Gasteiger partial charge in [-0.2, -0.15) is 4.31 Å². The Labute approximate surface area is 202 Å². The van der Waals surface area contributed by atoms with E-state index in [1.54, 1.807) is 30.3 Å². The number of rotatable bonds is 6. The molecule has 0 radical (unpaired) electrons. The Morgan fingerprint density at radius 1 is 0.971 bits per heavy atom. The summed E-state index contributed by atoms with van der Waals surface area (Å²) in [6.45, 7) is 1.23. The first kappa shape index (κ1) is 23.1. The molecule has 0 amide bonds. The second kappa shape index (κ2) is 9.53. The van der Waals surface area contributed by atoms with Crippen LogP contribution in [0, 0.1) is 0 Å². The van der Waals surface area contributed by atoms with Crippen LogP contribution in [-0.2, 0) is 19.6 Å². The molecule has 180 valence electrons. The monoisotopic (exact) mass is 493 g/mol. The van der Waals surface area contributed by atoms with Crippen LogP contribution in [-0.4, -0.2) is 52.1 Å².